The highest BCUT2D eigenvalue weighted by Crippen LogP contribution is 2.33. The third kappa shape index (κ3) is 1.78. The Morgan fingerprint density at radius 1 is 1.24 bits per heavy atom. The van der Waals surface area contributed by atoms with E-state index in [4.69, 9.17) is 4.84 Å². The Kier molecular flexibility index (Phi) is 2.69. The summed E-state index contributed by atoms with van der Waals surface area (Å²) < 4.78 is 24.9. The van der Waals surface area contributed by atoms with E-state index in [1.807, 2.05) is 11.1 Å². The van der Waals surface area contributed by atoms with E-state index in [-0.39, 0.29) is 6.04 Å². The van der Waals surface area contributed by atoms with E-state index in [2.05, 4.69) is 0 Å². The molecule has 0 amide bonds. The quantitative estimate of drug-likeness (QED) is 0.795. The average Bonchev–Trinajstić information content (AvgIpc) is 2.91. The first-order chi connectivity index (χ1) is 8.19. The van der Waals surface area contributed by atoms with Gasteiger partial charge < -0.3 is 0 Å². The number of hydrogen-bond donors (Lipinski definition) is 0. The van der Waals surface area contributed by atoms with E-state index >= 15 is 0 Å². The van der Waals surface area contributed by atoms with Gasteiger partial charge >= 0.3 is 0 Å². The van der Waals surface area contributed by atoms with Crippen LogP contribution < -0.4 is 0 Å². The fourth-order valence-corrected chi connectivity index (χ4v) is 4.47. The van der Waals surface area contributed by atoms with Gasteiger partial charge in [-0.15, -0.1) is 0 Å². The van der Waals surface area contributed by atoms with E-state index in [1.165, 1.54) is 0 Å². The van der Waals surface area contributed by atoms with Crippen molar-refractivity contribution in [3.8, 4) is 0 Å². The molecule has 1 aromatic carbocycles. The van der Waals surface area contributed by atoms with Crippen molar-refractivity contribution < 1.29 is 13.3 Å². The predicted molar refractivity (Wildman–Crippen MR) is 63.1 cm³/mol. The second kappa shape index (κ2) is 4.08. The second-order valence-corrected chi connectivity index (χ2v) is 6.71. The van der Waals surface area contributed by atoms with Crippen LogP contribution in [0.15, 0.2) is 35.2 Å². The molecule has 17 heavy (non-hydrogen) atoms. The normalized spacial score (nSPS) is 29.4. The van der Waals surface area contributed by atoms with Gasteiger partial charge in [-0.3, -0.25) is 4.84 Å². The van der Waals surface area contributed by atoms with Crippen LogP contribution in [-0.2, 0) is 14.7 Å². The summed E-state index contributed by atoms with van der Waals surface area (Å²) in [5.41, 5.74) is 0. The van der Waals surface area contributed by atoms with E-state index < -0.39 is 15.1 Å². The number of hydrogen-bond acceptors (Lipinski definition) is 4. The fourth-order valence-electron chi connectivity index (χ4n) is 2.66. The molecule has 2 saturated heterocycles. The zero-order chi connectivity index (χ0) is 11.9. The topological polar surface area (TPSA) is 46.6 Å². The summed E-state index contributed by atoms with van der Waals surface area (Å²) in [5, 5.41) is 1.43. The summed E-state index contributed by atoms with van der Waals surface area (Å²) in [7, 11) is -3.26. The SMILES string of the molecule is O=S(=O)(c1ccccc1)[C@H]1CON2CCC[C@H]12. The second-order valence-electron chi connectivity index (χ2n) is 4.54. The third-order valence-electron chi connectivity index (χ3n) is 3.55. The summed E-state index contributed by atoms with van der Waals surface area (Å²) in [6.45, 7) is 1.15. The van der Waals surface area contributed by atoms with Crippen molar-refractivity contribution in [3.05, 3.63) is 30.3 Å². The minimum absolute atomic E-state index is 0.0419. The average molecular weight is 253 g/mol. The molecule has 0 radical (unpaired) electrons. The van der Waals surface area contributed by atoms with E-state index in [1.54, 1.807) is 24.3 Å². The number of benzene rings is 1. The fraction of sp³-hybridized carbons (Fsp3) is 0.500. The number of nitrogens with zero attached hydrogens (tertiary/aromatic N) is 1. The van der Waals surface area contributed by atoms with Crippen LogP contribution in [0.3, 0.4) is 0 Å². The van der Waals surface area contributed by atoms with Gasteiger partial charge in [-0.2, -0.15) is 5.06 Å². The summed E-state index contributed by atoms with van der Waals surface area (Å²) in [6, 6.07) is 8.70. The maximum Gasteiger partial charge on any atom is 0.185 e. The first kappa shape index (κ1) is 11.2. The van der Waals surface area contributed by atoms with Crippen LogP contribution >= 0.6 is 0 Å². The molecular formula is C12H15NO3S. The van der Waals surface area contributed by atoms with Crippen LogP contribution in [-0.4, -0.2) is 37.9 Å². The number of sulfone groups is 1. The molecule has 0 aliphatic carbocycles. The van der Waals surface area contributed by atoms with Gasteiger partial charge in [0, 0.05) is 6.54 Å². The van der Waals surface area contributed by atoms with Gasteiger partial charge in [-0.1, -0.05) is 18.2 Å². The Morgan fingerprint density at radius 2 is 2.00 bits per heavy atom. The molecule has 2 aliphatic rings. The molecule has 92 valence electrons. The largest absolute Gasteiger partial charge is 0.297 e. The predicted octanol–water partition coefficient (Wildman–Crippen LogP) is 1.24. The summed E-state index contributed by atoms with van der Waals surface area (Å²) in [5.74, 6) is 0. The van der Waals surface area contributed by atoms with Crippen molar-refractivity contribution >= 4 is 9.84 Å². The molecule has 2 aliphatic heterocycles. The van der Waals surface area contributed by atoms with Gasteiger partial charge in [0.25, 0.3) is 0 Å². The van der Waals surface area contributed by atoms with Crippen molar-refractivity contribution in [3.63, 3.8) is 0 Å². The van der Waals surface area contributed by atoms with Gasteiger partial charge in [-0.25, -0.2) is 8.42 Å². The van der Waals surface area contributed by atoms with Crippen LogP contribution in [0.1, 0.15) is 12.8 Å². The minimum atomic E-state index is -3.26. The van der Waals surface area contributed by atoms with Crippen LogP contribution in [0, 0.1) is 0 Å². The highest BCUT2D eigenvalue weighted by Gasteiger charge is 2.46. The minimum Gasteiger partial charge on any atom is -0.297 e. The van der Waals surface area contributed by atoms with Crippen LogP contribution in [0.5, 0.6) is 0 Å². The lowest BCUT2D eigenvalue weighted by atomic mass is 10.2. The summed E-state index contributed by atoms with van der Waals surface area (Å²) in [4.78, 5) is 5.86. The van der Waals surface area contributed by atoms with Gasteiger partial charge in [0.2, 0.25) is 0 Å². The number of fused-ring (bicyclic) bond motifs is 1. The van der Waals surface area contributed by atoms with Gasteiger partial charge in [0.1, 0.15) is 5.25 Å². The summed E-state index contributed by atoms with van der Waals surface area (Å²) in [6.07, 6.45) is 1.93. The third-order valence-corrected chi connectivity index (χ3v) is 5.73. The standard InChI is InChI=1S/C12H15NO3S/c14-17(15,10-5-2-1-3-6-10)12-9-16-13-8-4-7-11(12)13/h1-3,5-6,11-12H,4,7-9H2/t11-,12+/m1/s1. The molecule has 0 unspecified atom stereocenters. The van der Waals surface area contributed by atoms with Crippen LogP contribution in [0.2, 0.25) is 0 Å². The van der Waals surface area contributed by atoms with Crippen LogP contribution in [0.4, 0.5) is 0 Å². The van der Waals surface area contributed by atoms with Crippen molar-refractivity contribution in [2.24, 2.45) is 0 Å². The molecule has 0 bridgehead atoms. The van der Waals surface area contributed by atoms with Gasteiger partial charge in [0.15, 0.2) is 9.84 Å². The molecule has 2 atom stereocenters. The molecule has 0 N–H and O–H groups in total. The molecule has 0 aromatic heterocycles. The summed E-state index contributed by atoms with van der Waals surface area (Å²) >= 11 is 0. The highest BCUT2D eigenvalue weighted by atomic mass is 32.2. The Morgan fingerprint density at radius 3 is 2.76 bits per heavy atom. The highest BCUT2D eigenvalue weighted by molar-refractivity contribution is 7.92. The first-order valence-corrected chi connectivity index (χ1v) is 7.43. The van der Waals surface area contributed by atoms with Gasteiger partial charge in [0.05, 0.1) is 17.5 Å². The molecule has 2 fully saturated rings. The molecule has 3 rings (SSSR count). The van der Waals surface area contributed by atoms with Crippen LogP contribution in [0.25, 0.3) is 0 Å². The molecular weight excluding hydrogens is 238 g/mol. The van der Waals surface area contributed by atoms with E-state index in [9.17, 15) is 8.42 Å². The van der Waals surface area contributed by atoms with E-state index in [0.29, 0.717) is 11.5 Å². The lowest BCUT2D eigenvalue weighted by molar-refractivity contribution is -0.113. The Hall–Kier alpha value is -0.910. The smallest absolute Gasteiger partial charge is 0.185 e. The maximum atomic E-state index is 12.5. The van der Waals surface area contributed by atoms with Gasteiger partial charge in [-0.05, 0) is 25.0 Å². The number of rotatable bonds is 2. The molecule has 4 nitrogen and oxygen atoms in total. The lowest BCUT2D eigenvalue weighted by Crippen LogP contribution is -2.35. The molecule has 2 heterocycles. The maximum absolute atomic E-state index is 12.5. The van der Waals surface area contributed by atoms with Crippen molar-refractivity contribution in [2.75, 3.05) is 13.2 Å². The van der Waals surface area contributed by atoms with Crippen molar-refractivity contribution in [2.45, 2.75) is 29.0 Å². The molecule has 5 heteroatoms. The zero-order valence-corrected chi connectivity index (χ0v) is 10.3. The molecule has 0 saturated carbocycles. The molecule has 1 aromatic rings. The number of hydroxylamine groups is 2. The van der Waals surface area contributed by atoms with E-state index in [0.717, 1.165) is 19.4 Å². The molecule has 0 spiro atoms. The zero-order valence-electron chi connectivity index (χ0n) is 9.45. The Labute approximate surface area is 101 Å². The van der Waals surface area contributed by atoms with Crippen molar-refractivity contribution in [1.82, 2.24) is 5.06 Å². The Bertz CT molecular complexity index is 500. The monoisotopic (exact) mass is 253 g/mol. The Balaban J connectivity index is 1.94. The van der Waals surface area contributed by atoms with Crippen molar-refractivity contribution in [1.29, 1.82) is 0 Å². The lowest BCUT2D eigenvalue weighted by Gasteiger charge is -2.17. The first-order valence-electron chi connectivity index (χ1n) is 5.88.